The maximum Gasteiger partial charge on any atom is 0.0499 e. The van der Waals surface area contributed by atoms with E-state index in [0.29, 0.717) is 13.2 Å². The van der Waals surface area contributed by atoms with Crippen molar-refractivity contribution in [3.05, 3.63) is 0 Å². The summed E-state index contributed by atoms with van der Waals surface area (Å²) in [5.74, 6) is 5.29. The fourth-order valence-corrected chi connectivity index (χ4v) is 7.38. The van der Waals surface area contributed by atoms with E-state index < -0.39 is 0 Å². The quantitative estimate of drug-likeness (QED) is 0.668. The molecule has 4 bridgehead atoms. The molecule has 6 aliphatic rings. The Bertz CT molecular complexity index is 354. The highest BCUT2D eigenvalue weighted by Crippen LogP contribution is 2.97. The minimum absolute atomic E-state index is 0.194. The topological polar surface area (TPSA) is 40.5 Å². The molecular formula is C12H16O2. The van der Waals surface area contributed by atoms with Gasteiger partial charge >= 0.3 is 0 Å². The minimum atomic E-state index is 0.194. The number of aliphatic hydroxyl groups excluding tert-OH is 2. The Balaban J connectivity index is 1.80. The summed E-state index contributed by atoms with van der Waals surface area (Å²) < 4.78 is 0. The molecule has 0 aromatic heterocycles. The van der Waals surface area contributed by atoms with Gasteiger partial charge in [-0.3, -0.25) is 0 Å². The van der Waals surface area contributed by atoms with Crippen LogP contribution >= 0.6 is 0 Å². The average Bonchev–Trinajstić information content (AvgIpc) is 2.65. The van der Waals surface area contributed by atoms with Crippen LogP contribution in [0.2, 0.25) is 0 Å². The smallest absolute Gasteiger partial charge is 0.0499 e. The molecule has 0 heterocycles. The predicted molar refractivity (Wildman–Crippen MR) is 49.2 cm³/mol. The molecule has 0 aromatic rings. The molecule has 0 radical (unpaired) electrons. The summed E-state index contributed by atoms with van der Waals surface area (Å²) in [6.45, 7) is 0.712. The van der Waals surface area contributed by atoms with E-state index in [1.165, 1.54) is 12.8 Å². The van der Waals surface area contributed by atoms with Gasteiger partial charge in [-0.1, -0.05) is 0 Å². The van der Waals surface area contributed by atoms with Crippen LogP contribution in [-0.4, -0.2) is 23.4 Å². The van der Waals surface area contributed by atoms with Crippen molar-refractivity contribution in [1.82, 2.24) is 0 Å². The Morgan fingerprint density at radius 1 is 1.07 bits per heavy atom. The maximum absolute atomic E-state index is 9.76. The van der Waals surface area contributed by atoms with Gasteiger partial charge in [-0.15, -0.1) is 0 Å². The van der Waals surface area contributed by atoms with Crippen LogP contribution in [0, 0.1) is 46.3 Å². The molecule has 6 saturated carbocycles. The van der Waals surface area contributed by atoms with Crippen LogP contribution in [-0.2, 0) is 0 Å². The summed E-state index contributed by atoms with van der Waals surface area (Å²) in [5.41, 5.74) is 0.399. The number of rotatable bonds is 2. The minimum Gasteiger partial charge on any atom is -0.396 e. The Morgan fingerprint density at radius 3 is 2.64 bits per heavy atom. The van der Waals surface area contributed by atoms with E-state index in [1.54, 1.807) is 0 Å². The lowest BCUT2D eigenvalue weighted by molar-refractivity contribution is -0.317. The molecule has 6 fully saturated rings. The van der Waals surface area contributed by atoms with Crippen LogP contribution in [0.5, 0.6) is 0 Å². The Kier molecular flexibility index (Phi) is 0.825. The van der Waals surface area contributed by atoms with Crippen molar-refractivity contribution in [3.63, 3.8) is 0 Å². The highest BCUT2D eigenvalue weighted by molar-refractivity contribution is 5.42. The van der Waals surface area contributed by atoms with Gasteiger partial charge in [-0.2, -0.15) is 0 Å². The zero-order valence-corrected chi connectivity index (χ0v) is 8.19. The van der Waals surface area contributed by atoms with Gasteiger partial charge < -0.3 is 10.2 Å². The maximum atomic E-state index is 9.76. The number of aliphatic hydroxyl groups is 2. The molecule has 76 valence electrons. The van der Waals surface area contributed by atoms with E-state index in [1.807, 2.05) is 0 Å². The second-order valence-corrected chi connectivity index (χ2v) is 6.52. The zero-order valence-electron chi connectivity index (χ0n) is 8.19. The first-order chi connectivity index (χ1) is 6.82. The average molecular weight is 192 g/mol. The highest BCUT2D eigenvalue weighted by Gasteiger charge is 2.95. The first-order valence-corrected chi connectivity index (χ1v) is 6.03. The third-order valence-electron chi connectivity index (χ3n) is 7.26. The van der Waals surface area contributed by atoms with Gasteiger partial charge in [0.2, 0.25) is 0 Å². The number of hydrogen-bond acceptors (Lipinski definition) is 2. The second kappa shape index (κ2) is 1.60. The molecule has 2 nitrogen and oxygen atoms in total. The van der Waals surface area contributed by atoms with E-state index in [2.05, 4.69) is 0 Å². The summed E-state index contributed by atoms with van der Waals surface area (Å²) in [6, 6.07) is 0. The summed E-state index contributed by atoms with van der Waals surface area (Å²) in [6.07, 6.45) is 2.63. The molecule has 0 amide bonds. The molecule has 6 rings (SSSR count). The molecule has 2 heteroatoms. The third-order valence-corrected chi connectivity index (χ3v) is 7.26. The van der Waals surface area contributed by atoms with Crippen LogP contribution < -0.4 is 0 Å². The molecule has 0 saturated heterocycles. The van der Waals surface area contributed by atoms with Gasteiger partial charge in [0.05, 0.1) is 0 Å². The van der Waals surface area contributed by atoms with Gasteiger partial charge in [0, 0.05) is 24.0 Å². The molecule has 14 heavy (non-hydrogen) atoms. The van der Waals surface area contributed by atoms with Crippen molar-refractivity contribution in [1.29, 1.82) is 0 Å². The van der Waals surface area contributed by atoms with Crippen molar-refractivity contribution in [2.45, 2.75) is 12.8 Å². The summed E-state index contributed by atoms with van der Waals surface area (Å²) >= 11 is 0. The first-order valence-electron chi connectivity index (χ1n) is 6.03. The Morgan fingerprint density at radius 2 is 1.93 bits per heavy atom. The van der Waals surface area contributed by atoms with Crippen molar-refractivity contribution in [2.24, 2.45) is 46.3 Å². The van der Waals surface area contributed by atoms with Gasteiger partial charge in [0.15, 0.2) is 0 Å². The van der Waals surface area contributed by atoms with Crippen LogP contribution in [0.15, 0.2) is 0 Å². The number of hydrogen-bond donors (Lipinski definition) is 2. The monoisotopic (exact) mass is 192 g/mol. The molecule has 6 aliphatic carbocycles. The lowest BCUT2D eigenvalue weighted by Gasteiger charge is -2.75. The van der Waals surface area contributed by atoms with Crippen molar-refractivity contribution in [3.8, 4) is 0 Å². The Labute approximate surface area is 83.3 Å². The van der Waals surface area contributed by atoms with Crippen molar-refractivity contribution < 1.29 is 10.2 Å². The highest BCUT2D eigenvalue weighted by atomic mass is 16.3. The van der Waals surface area contributed by atoms with Crippen LogP contribution in [0.1, 0.15) is 12.8 Å². The van der Waals surface area contributed by atoms with Gasteiger partial charge in [0.25, 0.3) is 0 Å². The second-order valence-electron chi connectivity index (χ2n) is 6.52. The fourth-order valence-electron chi connectivity index (χ4n) is 7.38. The Hall–Kier alpha value is -0.0800. The fraction of sp³-hybridized carbons (Fsp3) is 1.00. The standard InChI is InChI=1S/C12H16O2/c13-3-11-2-6-7-1-5-8(6)10(11)9(5)12(7,11)4-14/h5-10,13-14H,1-4H2/t5-,6-,7+,8-,9+,10+,11-,12-/m1/s1. The zero-order chi connectivity index (χ0) is 9.29. The lowest BCUT2D eigenvalue weighted by atomic mass is 9.29. The SMILES string of the molecule is OC[C@@]12C[C@H]3[C@H]4[C@H]5C[C@@H]3[C@]1(CO)[C@@H]5[C@H]42. The summed E-state index contributed by atoms with van der Waals surface area (Å²) in [4.78, 5) is 0. The lowest BCUT2D eigenvalue weighted by Crippen LogP contribution is -2.75. The first kappa shape index (κ1) is 7.24. The molecule has 2 N–H and O–H groups in total. The normalized spacial score (nSPS) is 79.3. The molecule has 0 aliphatic heterocycles. The predicted octanol–water partition coefficient (Wildman–Crippen LogP) is 0.489. The third kappa shape index (κ3) is 0.327. The van der Waals surface area contributed by atoms with Gasteiger partial charge in [0.1, 0.15) is 0 Å². The van der Waals surface area contributed by atoms with E-state index in [-0.39, 0.29) is 10.8 Å². The van der Waals surface area contributed by atoms with E-state index in [9.17, 15) is 10.2 Å². The van der Waals surface area contributed by atoms with E-state index >= 15 is 0 Å². The summed E-state index contributed by atoms with van der Waals surface area (Å²) in [7, 11) is 0. The molecule has 0 spiro atoms. The van der Waals surface area contributed by atoms with Gasteiger partial charge in [-0.25, -0.2) is 0 Å². The molecule has 8 atom stereocenters. The van der Waals surface area contributed by atoms with Gasteiger partial charge in [-0.05, 0) is 48.3 Å². The van der Waals surface area contributed by atoms with E-state index in [0.717, 1.165) is 35.5 Å². The summed E-state index contributed by atoms with van der Waals surface area (Å²) in [5, 5.41) is 19.5. The van der Waals surface area contributed by atoms with Crippen LogP contribution in [0.4, 0.5) is 0 Å². The van der Waals surface area contributed by atoms with Crippen molar-refractivity contribution >= 4 is 0 Å². The van der Waals surface area contributed by atoms with E-state index in [4.69, 9.17) is 0 Å². The van der Waals surface area contributed by atoms with Crippen LogP contribution in [0.3, 0.4) is 0 Å². The molecule has 0 aromatic carbocycles. The molecule has 0 unspecified atom stereocenters. The van der Waals surface area contributed by atoms with Crippen LogP contribution in [0.25, 0.3) is 0 Å². The molecular weight excluding hydrogens is 176 g/mol. The van der Waals surface area contributed by atoms with Crippen molar-refractivity contribution in [2.75, 3.05) is 13.2 Å². The largest absolute Gasteiger partial charge is 0.396 e.